The molecule has 0 bridgehead atoms. The molecule has 19 heavy (non-hydrogen) atoms. The zero-order valence-corrected chi connectivity index (χ0v) is 11.6. The zero-order valence-electron chi connectivity index (χ0n) is 10.8. The maximum absolute atomic E-state index is 11.8. The van der Waals surface area contributed by atoms with E-state index in [2.05, 4.69) is 17.3 Å². The Bertz CT molecular complexity index is 448. The molecule has 1 fully saturated rings. The van der Waals surface area contributed by atoms with Crippen molar-refractivity contribution in [2.75, 3.05) is 18.8 Å². The number of thioether (sulfide) groups is 1. The fourth-order valence-electron chi connectivity index (χ4n) is 2.11. The molecule has 4 nitrogen and oxygen atoms in total. The van der Waals surface area contributed by atoms with Crippen LogP contribution in [0.1, 0.15) is 18.4 Å². The van der Waals surface area contributed by atoms with Gasteiger partial charge < -0.3 is 10.1 Å². The van der Waals surface area contributed by atoms with Crippen molar-refractivity contribution in [1.29, 1.82) is 0 Å². The second kappa shape index (κ2) is 7.19. The largest absolute Gasteiger partial charge is 0.410 e. The van der Waals surface area contributed by atoms with Crippen LogP contribution in [0.3, 0.4) is 0 Å². The summed E-state index contributed by atoms with van der Waals surface area (Å²) in [6.45, 7) is 1.49. The van der Waals surface area contributed by atoms with Gasteiger partial charge in [0.2, 0.25) is 5.04 Å². The summed E-state index contributed by atoms with van der Waals surface area (Å²) in [6.07, 6.45) is 3.08. The normalized spacial score (nSPS) is 18.0. The average molecular weight is 278 g/mol. The lowest BCUT2D eigenvalue weighted by molar-refractivity contribution is -0.124. The molecule has 0 aliphatic carbocycles. The Morgan fingerprint density at radius 1 is 1.26 bits per heavy atom. The van der Waals surface area contributed by atoms with Gasteiger partial charge in [-0.3, -0.25) is 4.79 Å². The number of hydrogen-bond donors (Lipinski definition) is 1. The first kappa shape index (κ1) is 13.9. The lowest BCUT2D eigenvalue weighted by atomic mass is 10.1. The van der Waals surface area contributed by atoms with Crippen molar-refractivity contribution >= 4 is 22.7 Å². The molecule has 2 rings (SSSR count). The predicted octanol–water partition coefficient (Wildman–Crippen LogP) is 2.37. The lowest BCUT2D eigenvalue weighted by Crippen LogP contribution is -2.41. The molecule has 0 aromatic heterocycles. The average Bonchev–Trinajstić information content (AvgIpc) is 2.46. The van der Waals surface area contributed by atoms with Crippen LogP contribution < -0.4 is 0 Å². The highest BCUT2D eigenvalue weighted by Crippen LogP contribution is 2.15. The minimum Gasteiger partial charge on any atom is -0.410 e. The molecule has 1 heterocycles. The molecule has 1 aromatic rings. The van der Waals surface area contributed by atoms with E-state index >= 15 is 0 Å². The Hall–Kier alpha value is -1.49. The fraction of sp³-hybridized carbons (Fsp3) is 0.429. The van der Waals surface area contributed by atoms with Gasteiger partial charge in [0.15, 0.2) is 0 Å². The van der Waals surface area contributed by atoms with Gasteiger partial charge in [0, 0.05) is 18.8 Å². The maximum atomic E-state index is 11.8. The monoisotopic (exact) mass is 278 g/mol. The Kier molecular flexibility index (Phi) is 5.27. The van der Waals surface area contributed by atoms with Gasteiger partial charge in [-0.2, -0.15) is 0 Å². The van der Waals surface area contributed by atoms with Crippen LogP contribution in [0, 0.1) is 0 Å². The topological polar surface area (TPSA) is 52.9 Å². The van der Waals surface area contributed by atoms with Crippen LogP contribution >= 0.6 is 11.8 Å². The highest BCUT2D eigenvalue weighted by molar-refractivity contribution is 8.15. The number of unbranched alkanes of at least 4 members (excludes halogenated alkanes) is 1. The lowest BCUT2D eigenvalue weighted by Gasteiger charge is -2.26. The number of carbonyl (C=O) groups excluding carboxylic acids is 1. The Labute approximate surface area is 117 Å². The first-order valence-corrected chi connectivity index (χ1v) is 7.48. The van der Waals surface area contributed by atoms with E-state index < -0.39 is 0 Å². The SMILES string of the molecule is O=C1C(=NO)SCCN1CCCCc1ccccc1. The van der Waals surface area contributed by atoms with Gasteiger partial charge in [-0.05, 0) is 24.8 Å². The van der Waals surface area contributed by atoms with Crippen molar-refractivity contribution in [3.05, 3.63) is 35.9 Å². The number of carbonyl (C=O) groups is 1. The number of amides is 1. The Morgan fingerprint density at radius 3 is 2.79 bits per heavy atom. The second-order valence-corrected chi connectivity index (χ2v) is 5.57. The van der Waals surface area contributed by atoms with Crippen LogP contribution in [0.4, 0.5) is 0 Å². The number of nitrogens with zero attached hydrogens (tertiary/aromatic N) is 2. The van der Waals surface area contributed by atoms with Crippen LogP contribution in [0.2, 0.25) is 0 Å². The number of aryl methyl sites for hydroxylation is 1. The Morgan fingerprint density at radius 2 is 2.05 bits per heavy atom. The summed E-state index contributed by atoms with van der Waals surface area (Å²) >= 11 is 1.32. The van der Waals surface area contributed by atoms with Crippen molar-refractivity contribution < 1.29 is 10.0 Å². The standard InChI is InChI=1S/C14H18N2O2S/c17-14-13(15-18)19-11-10-16(14)9-5-4-8-12-6-2-1-3-7-12/h1-3,6-7,18H,4-5,8-11H2. The minimum absolute atomic E-state index is 0.140. The summed E-state index contributed by atoms with van der Waals surface area (Å²) in [5.41, 5.74) is 1.33. The molecular weight excluding hydrogens is 260 g/mol. The summed E-state index contributed by atoms with van der Waals surface area (Å²) in [6, 6.07) is 10.4. The van der Waals surface area contributed by atoms with Gasteiger partial charge in [-0.15, -0.1) is 0 Å². The molecule has 0 spiro atoms. The molecule has 102 valence electrons. The fourth-order valence-corrected chi connectivity index (χ4v) is 2.93. The third-order valence-electron chi connectivity index (χ3n) is 3.15. The van der Waals surface area contributed by atoms with E-state index in [1.54, 1.807) is 4.90 Å². The second-order valence-electron chi connectivity index (χ2n) is 4.49. The summed E-state index contributed by atoms with van der Waals surface area (Å²) in [7, 11) is 0. The first-order chi connectivity index (χ1) is 9.31. The summed E-state index contributed by atoms with van der Waals surface area (Å²) in [5, 5.41) is 12.0. The molecule has 1 aliphatic rings. The number of rotatable bonds is 5. The van der Waals surface area contributed by atoms with Crippen molar-refractivity contribution in [2.24, 2.45) is 5.16 Å². The highest BCUT2D eigenvalue weighted by atomic mass is 32.2. The molecular formula is C14H18N2O2S. The van der Waals surface area contributed by atoms with Crippen molar-refractivity contribution in [3.8, 4) is 0 Å². The minimum atomic E-state index is -0.140. The van der Waals surface area contributed by atoms with Gasteiger partial charge in [0.25, 0.3) is 5.91 Å². The summed E-state index contributed by atoms with van der Waals surface area (Å²) < 4.78 is 0. The molecule has 0 radical (unpaired) electrons. The molecule has 0 unspecified atom stereocenters. The van der Waals surface area contributed by atoms with Gasteiger partial charge in [-0.1, -0.05) is 47.2 Å². The van der Waals surface area contributed by atoms with Crippen molar-refractivity contribution in [3.63, 3.8) is 0 Å². The summed E-state index contributed by atoms with van der Waals surface area (Å²) in [5.74, 6) is 0.669. The highest BCUT2D eigenvalue weighted by Gasteiger charge is 2.25. The van der Waals surface area contributed by atoms with E-state index in [0.717, 1.165) is 38.1 Å². The van der Waals surface area contributed by atoms with E-state index in [0.29, 0.717) is 0 Å². The van der Waals surface area contributed by atoms with Crippen LogP contribution in [0.5, 0.6) is 0 Å². The zero-order chi connectivity index (χ0) is 13.5. The van der Waals surface area contributed by atoms with Crippen LogP contribution in [0.15, 0.2) is 35.5 Å². The third-order valence-corrected chi connectivity index (χ3v) is 4.06. The maximum Gasteiger partial charge on any atom is 0.282 e. The van der Waals surface area contributed by atoms with Crippen LogP contribution in [-0.2, 0) is 11.2 Å². The first-order valence-electron chi connectivity index (χ1n) is 6.49. The quantitative estimate of drug-likeness (QED) is 0.511. The molecule has 1 aliphatic heterocycles. The van der Waals surface area contributed by atoms with E-state index in [1.807, 2.05) is 18.2 Å². The predicted molar refractivity (Wildman–Crippen MR) is 77.6 cm³/mol. The molecule has 1 aromatic carbocycles. The molecule has 0 saturated carbocycles. The van der Waals surface area contributed by atoms with Crippen LogP contribution in [-0.4, -0.2) is 39.9 Å². The van der Waals surface area contributed by atoms with Crippen molar-refractivity contribution in [1.82, 2.24) is 4.90 Å². The van der Waals surface area contributed by atoms with Crippen molar-refractivity contribution in [2.45, 2.75) is 19.3 Å². The van der Waals surface area contributed by atoms with E-state index in [4.69, 9.17) is 5.21 Å². The summed E-state index contributed by atoms with van der Waals surface area (Å²) in [4.78, 5) is 13.6. The third kappa shape index (κ3) is 3.99. The number of oxime groups is 1. The van der Waals surface area contributed by atoms with Gasteiger partial charge >= 0.3 is 0 Å². The van der Waals surface area contributed by atoms with Gasteiger partial charge in [-0.25, -0.2) is 0 Å². The molecule has 1 N–H and O–H groups in total. The number of benzene rings is 1. The Balaban J connectivity index is 1.72. The van der Waals surface area contributed by atoms with Gasteiger partial charge in [0.05, 0.1) is 0 Å². The van der Waals surface area contributed by atoms with E-state index in [1.165, 1.54) is 17.3 Å². The smallest absolute Gasteiger partial charge is 0.282 e. The molecule has 0 atom stereocenters. The van der Waals surface area contributed by atoms with Crippen LogP contribution in [0.25, 0.3) is 0 Å². The molecule has 1 saturated heterocycles. The van der Waals surface area contributed by atoms with Gasteiger partial charge in [0.1, 0.15) is 0 Å². The molecule has 1 amide bonds. The van der Waals surface area contributed by atoms with E-state index in [-0.39, 0.29) is 11.0 Å². The number of hydrogen-bond acceptors (Lipinski definition) is 4. The van der Waals surface area contributed by atoms with E-state index in [9.17, 15) is 4.79 Å². The molecule has 5 heteroatoms.